The van der Waals surface area contributed by atoms with E-state index in [0.29, 0.717) is 37.6 Å². The van der Waals surface area contributed by atoms with Crippen molar-refractivity contribution in [3.63, 3.8) is 0 Å². The molecule has 0 fully saturated rings. The van der Waals surface area contributed by atoms with E-state index in [4.69, 9.17) is 0 Å². The molecule has 0 aliphatic rings. The minimum atomic E-state index is -1.15. The molecule has 0 saturated carbocycles. The van der Waals surface area contributed by atoms with Gasteiger partial charge in [-0.05, 0) is 35.4 Å². The van der Waals surface area contributed by atoms with Gasteiger partial charge in [0.1, 0.15) is 11.4 Å². The maximum atomic E-state index is 11.5. The first-order valence-corrected chi connectivity index (χ1v) is 13.4. The van der Waals surface area contributed by atoms with Crippen molar-refractivity contribution in [2.75, 3.05) is 13.1 Å². The highest BCUT2D eigenvalue weighted by molar-refractivity contribution is 5.85. The second-order valence-corrected chi connectivity index (χ2v) is 9.91. The fourth-order valence-corrected chi connectivity index (χ4v) is 4.51. The number of aromatic carboxylic acids is 2. The third-order valence-electron chi connectivity index (χ3n) is 6.66. The molecular weight excluding hydrogens is 572 g/mol. The molecule has 0 atom stereocenters. The largest absolute Gasteiger partial charge is 0.477 e. The summed E-state index contributed by atoms with van der Waals surface area (Å²) in [5, 5.41) is 41.0. The number of hydrogen-bond acceptors (Lipinski definition) is 10. The number of hydrogen-bond donors (Lipinski definition) is 2. The van der Waals surface area contributed by atoms with Crippen LogP contribution >= 0.6 is 0 Å². The van der Waals surface area contributed by atoms with Crippen molar-refractivity contribution in [2.24, 2.45) is 0 Å². The summed E-state index contributed by atoms with van der Waals surface area (Å²) >= 11 is 0. The normalized spacial score (nSPS) is 11.0. The summed E-state index contributed by atoms with van der Waals surface area (Å²) in [4.78, 5) is 56.7. The number of nitrogens with zero attached hydrogens (tertiary/aromatic N) is 6. The predicted molar refractivity (Wildman–Crippen MR) is 157 cm³/mol. The zero-order valence-electron chi connectivity index (χ0n) is 23.4. The van der Waals surface area contributed by atoms with Gasteiger partial charge in [0.2, 0.25) is 0 Å². The minimum Gasteiger partial charge on any atom is -0.477 e. The van der Waals surface area contributed by atoms with Gasteiger partial charge in [-0.1, -0.05) is 36.4 Å². The van der Waals surface area contributed by atoms with Gasteiger partial charge in [-0.25, -0.2) is 19.6 Å². The van der Waals surface area contributed by atoms with Crippen molar-refractivity contribution >= 4 is 23.3 Å². The Morgan fingerprint density at radius 2 is 0.955 bits per heavy atom. The SMILES string of the molecule is O=C(O)c1cccc(CN(CCN(Cc2ccc([N+](=O)[O-])cc2)Cc2cccc(C(=O)O)n2)Cc2ccc([N+](=O)[O-])cc2)n1. The molecule has 0 amide bonds. The number of benzene rings is 2. The molecule has 0 aliphatic heterocycles. The molecule has 0 saturated heterocycles. The topological polar surface area (TPSA) is 193 Å². The molecule has 226 valence electrons. The maximum absolute atomic E-state index is 11.5. The lowest BCUT2D eigenvalue weighted by Gasteiger charge is -2.28. The Hall–Kier alpha value is -5.60. The van der Waals surface area contributed by atoms with Gasteiger partial charge in [-0.2, -0.15) is 0 Å². The van der Waals surface area contributed by atoms with E-state index >= 15 is 0 Å². The Bertz CT molecular complexity index is 1520. The monoisotopic (exact) mass is 600 g/mol. The van der Waals surface area contributed by atoms with Crippen LogP contribution in [-0.2, 0) is 26.2 Å². The molecule has 0 unspecified atom stereocenters. The summed E-state index contributed by atoms with van der Waals surface area (Å²) < 4.78 is 0. The number of rotatable bonds is 15. The van der Waals surface area contributed by atoms with E-state index in [2.05, 4.69) is 9.97 Å². The number of nitro benzene ring substituents is 2. The second kappa shape index (κ2) is 14.5. The van der Waals surface area contributed by atoms with Crippen LogP contribution in [0.4, 0.5) is 11.4 Å². The first-order chi connectivity index (χ1) is 21.1. The lowest BCUT2D eigenvalue weighted by Crippen LogP contribution is -2.34. The van der Waals surface area contributed by atoms with E-state index in [-0.39, 0.29) is 35.9 Å². The van der Waals surface area contributed by atoms with Crippen molar-refractivity contribution < 1.29 is 29.6 Å². The summed E-state index contributed by atoms with van der Waals surface area (Å²) in [6.07, 6.45) is 0. The van der Waals surface area contributed by atoms with Crippen LogP contribution in [0, 0.1) is 20.2 Å². The third-order valence-corrected chi connectivity index (χ3v) is 6.66. The third kappa shape index (κ3) is 8.95. The van der Waals surface area contributed by atoms with Crippen molar-refractivity contribution in [2.45, 2.75) is 26.2 Å². The number of carboxylic acid groups (broad SMARTS) is 2. The molecule has 0 radical (unpaired) electrons. The van der Waals surface area contributed by atoms with Gasteiger partial charge in [0.05, 0.1) is 21.2 Å². The molecule has 2 N–H and O–H groups in total. The first-order valence-electron chi connectivity index (χ1n) is 13.4. The van der Waals surface area contributed by atoms with Crippen molar-refractivity contribution in [1.29, 1.82) is 0 Å². The quantitative estimate of drug-likeness (QED) is 0.145. The zero-order chi connectivity index (χ0) is 31.6. The van der Waals surface area contributed by atoms with E-state index in [0.717, 1.165) is 11.1 Å². The number of non-ortho nitro benzene ring substituents is 2. The molecule has 44 heavy (non-hydrogen) atoms. The van der Waals surface area contributed by atoms with Crippen LogP contribution in [0.15, 0.2) is 84.9 Å². The van der Waals surface area contributed by atoms with Gasteiger partial charge < -0.3 is 10.2 Å². The fourth-order valence-electron chi connectivity index (χ4n) is 4.51. The Labute approximate surface area is 251 Å². The van der Waals surface area contributed by atoms with Crippen LogP contribution < -0.4 is 0 Å². The van der Waals surface area contributed by atoms with Gasteiger partial charge in [-0.15, -0.1) is 0 Å². The number of pyridine rings is 2. The summed E-state index contributed by atoms with van der Waals surface area (Å²) in [5.41, 5.74) is 2.35. The summed E-state index contributed by atoms with van der Waals surface area (Å²) in [7, 11) is 0. The van der Waals surface area contributed by atoms with E-state index in [9.17, 15) is 40.0 Å². The summed E-state index contributed by atoms with van der Waals surface area (Å²) in [5.74, 6) is -2.31. The lowest BCUT2D eigenvalue weighted by atomic mass is 10.1. The summed E-state index contributed by atoms with van der Waals surface area (Å²) in [6, 6.07) is 21.7. The van der Waals surface area contributed by atoms with Crippen LogP contribution in [0.25, 0.3) is 0 Å². The van der Waals surface area contributed by atoms with E-state index in [1.807, 2.05) is 9.80 Å². The number of aromatic nitrogens is 2. The highest BCUT2D eigenvalue weighted by atomic mass is 16.6. The Balaban J connectivity index is 1.58. The van der Waals surface area contributed by atoms with E-state index in [1.54, 1.807) is 48.5 Å². The Kier molecular flexibility index (Phi) is 10.3. The molecule has 2 aromatic heterocycles. The molecule has 14 nitrogen and oxygen atoms in total. The molecule has 4 rings (SSSR count). The van der Waals surface area contributed by atoms with Crippen molar-refractivity contribution in [3.05, 3.63) is 139 Å². The van der Waals surface area contributed by atoms with Crippen molar-refractivity contribution in [1.82, 2.24) is 19.8 Å². The Morgan fingerprint density at radius 3 is 1.27 bits per heavy atom. The molecule has 0 bridgehead atoms. The maximum Gasteiger partial charge on any atom is 0.354 e. The van der Waals surface area contributed by atoms with E-state index < -0.39 is 21.8 Å². The summed E-state index contributed by atoms with van der Waals surface area (Å²) in [6.45, 7) is 2.15. The zero-order valence-corrected chi connectivity index (χ0v) is 23.4. The molecular formula is C30H28N6O8. The van der Waals surface area contributed by atoms with Gasteiger partial charge >= 0.3 is 11.9 Å². The van der Waals surface area contributed by atoms with Gasteiger partial charge in [-0.3, -0.25) is 30.0 Å². The smallest absolute Gasteiger partial charge is 0.354 e. The molecule has 14 heteroatoms. The van der Waals surface area contributed by atoms with Crippen LogP contribution in [0.2, 0.25) is 0 Å². The molecule has 0 aliphatic carbocycles. The molecule has 4 aromatic rings. The fraction of sp³-hybridized carbons (Fsp3) is 0.200. The highest BCUT2D eigenvalue weighted by Crippen LogP contribution is 2.18. The average molecular weight is 601 g/mol. The lowest BCUT2D eigenvalue weighted by molar-refractivity contribution is -0.385. The van der Waals surface area contributed by atoms with Crippen LogP contribution in [0.1, 0.15) is 43.5 Å². The second-order valence-electron chi connectivity index (χ2n) is 9.91. The molecule has 0 spiro atoms. The average Bonchev–Trinajstić information content (AvgIpc) is 3.00. The van der Waals surface area contributed by atoms with Crippen LogP contribution in [0.3, 0.4) is 0 Å². The van der Waals surface area contributed by atoms with E-state index in [1.165, 1.54) is 36.4 Å². The van der Waals surface area contributed by atoms with Gasteiger partial charge in [0.25, 0.3) is 11.4 Å². The predicted octanol–water partition coefficient (Wildman–Crippen LogP) is 4.39. The standard InChI is InChI=1S/C30H28N6O8/c37-29(38)27-5-1-3-23(31-27)19-33(17-21-7-11-25(12-8-21)35(41)42)15-16-34(18-22-9-13-26(14-10-22)36(43)44)20-24-4-2-6-28(32-24)30(39)40/h1-14H,15-20H2,(H,37,38)(H,39,40). The van der Waals surface area contributed by atoms with Crippen molar-refractivity contribution in [3.8, 4) is 0 Å². The first kappa shape index (κ1) is 31.3. The highest BCUT2D eigenvalue weighted by Gasteiger charge is 2.17. The van der Waals surface area contributed by atoms with Crippen LogP contribution in [-0.4, -0.2) is 64.9 Å². The van der Waals surface area contributed by atoms with Gasteiger partial charge in [0, 0.05) is 63.5 Å². The number of carbonyl (C=O) groups is 2. The number of nitro groups is 2. The van der Waals surface area contributed by atoms with Crippen LogP contribution in [0.5, 0.6) is 0 Å². The molecule has 2 aromatic carbocycles. The Morgan fingerprint density at radius 1 is 0.591 bits per heavy atom. The molecule has 2 heterocycles. The number of carboxylic acids is 2. The minimum absolute atomic E-state index is 0.0403. The van der Waals surface area contributed by atoms with Gasteiger partial charge in [0.15, 0.2) is 0 Å².